The molecule has 1 fully saturated rings. The van der Waals surface area contributed by atoms with E-state index < -0.39 is 66.8 Å². The average molecular weight is 592 g/mol. The van der Waals surface area contributed by atoms with Crippen LogP contribution < -0.4 is 16.4 Å². The van der Waals surface area contributed by atoms with Gasteiger partial charge in [0.05, 0.1) is 11.3 Å². The molecule has 0 radical (unpaired) electrons. The lowest BCUT2D eigenvalue weighted by Crippen LogP contribution is -2.66. The lowest BCUT2D eigenvalue weighted by Gasteiger charge is -2.44. The Morgan fingerprint density at radius 3 is 2.15 bits per heavy atom. The third-order valence-electron chi connectivity index (χ3n) is 5.62. The molecule has 1 aliphatic heterocycles. The van der Waals surface area contributed by atoms with Crippen molar-refractivity contribution in [2.45, 2.75) is 65.3 Å². The predicted molar refractivity (Wildman–Crippen MR) is 146 cm³/mol. The molecule has 41 heavy (non-hydrogen) atoms. The molecule has 3 rings (SSSR count). The molecular formula is C26H29N3O11S. The number of benzene rings is 1. The number of hydrogen-bond donors (Lipinski definition) is 2. The summed E-state index contributed by atoms with van der Waals surface area (Å²) in [5.74, 6) is -2.94. The predicted octanol–water partition coefficient (Wildman–Crippen LogP) is 1.06. The Morgan fingerprint density at radius 2 is 1.51 bits per heavy atom. The van der Waals surface area contributed by atoms with E-state index in [0.29, 0.717) is 11.0 Å². The first-order chi connectivity index (χ1) is 19.3. The zero-order valence-corrected chi connectivity index (χ0v) is 23.6. The van der Waals surface area contributed by atoms with E-state index in [1.54, 1.807) is 37.3 Å². The van der Waals surface area contributed by atoms with E-state index in [-0.39, 0.29) is 16.4 Å². The van der Waals surface area contributed by atoms with Crippen LogP contribution in [0, 0.1) is 0 Å². The Labute approximate surface area is 239 Å². The first-order valence-corrected chi connectivity index (χ1v) is 12.7. The summed E-state index contributed by atoms with van der Waals surface area (Å²) in [6.07, 6.45) is -6.51. The number of carbonyl (C=O) groups is 4. The van der Waals surface area contributed by atoms with Gasteiger partial charge in [-0.3, -0.25) is 24.6 Å². The van der Waals surface area contributed by atoms with Crippen LogP contribution >= 0.6 is 12.2 Å². The molecule has 5 atom stereocenters. The number of thiocarbonyl (C=S) groups is 1. The van der Waals surface area contributed by atoms with Gasteiger partial charge in [-0.2, -0.15) is 5.10 Å². The van der Waals surface area contributed by atoms with E-state index >= 15 is 0 Å². The third-order valence-corrected chi connectivity index (χ3v) is 5.83. The fourth-order valence-corrected chi connectivity index (χ4v) is 4.18. The van der Waals surface area contributed by atoms with Crippen molar-refractivity contribution in [1.82, 2.24) is 10.7 Å². The maximum Gasteiger partial charge on any atom is 0.345 e. The smallest absolute Gasteiger partial charge is 0.345 e. The monoisotopic (exact) mass is 591 g/mol. The van der Waals surface area contributed by atoms with E-state index in [0.717, 1.165) is 20.8 Å². The fourth-order valence-electron chi connectivity index (χ4n) is 4.02. The van der Waals surface area contributed by atoms with Crippen LogP contribution in [0.25, 0.3) is 11.0 Å². The number of para-hydroxylation sites is 1. The van der Waals surface area contributed by atoms with Crippen molar-refractivity contribution in [1.29, 1.82) is 0 Å². The molecule has 15 heteroatoms. The van der Waals surface area contributed by atoms with Crippen LogP contribution in [0.2, 0.25) is 0 Å². The number of rotatable bonds is 8. The second-order valence-corrected chi connectivity index (χ2v) is 9.30. The molecule has 0 aliphatic carbocycles. The number of fused-ring (bicyclic) bond motifs is 1. The summed E-state index contributed by atoms with van der Waals surface area (Å²) in [5.41, 5.74) is 2.82. The number of hydrazone groups is 1. The molecule has 0 unspecified atom stereocenters. The quantitative estimate of drug-likeness (QED) is 0.111. The summed E-state index contributed by atoms with van der Waals surface area (Å²) in [6.45, 7) is 5.68. The van der Waals surface area contributed by atoms with Gasteiger partial charge in [0.1, 0.15) is 18.3 Å². The number of carbonyl (C=O) groups excluding carboxylic acids is 4. The van der Waals surface area contributed by atoms with Crippen molar-refractivity contribution in [2.24, 2.45) is 5.10 Å². The van der Waals surface area contributed by atoms with Crippen LogP contribution in [0.3, 0.4) is 0 Å². The van der Waals surface area contributed by atoms with Gasteiger partial charge in [-0.05, 0) is 31.3 Å². The zero-order valence-electron chi connectivity index (χ0n) is 22.8. The van der Waals surface area contributed by atoms with E-state index in [1.807, 2.05) is 0 Å². The maximum absolute atomic E-state index is 12.5. The number of ether oxygens (including phenoxy) is 5. The Morgan fingerprint density at radius 1 is 0.902 bits per heavy atom. The summed E-state index contributed by atoms with van der Waals surface area (Å²) in [5, 5.41) is 7.44. The molecule has 2 heterocycles. The maximum atomic E-state index is 12.5. The molecule has 0 bridgehead atoms. The fraction of sp³-hybridized carbons (Fsp3) is 0.423. The van der Waals surface area contributed by atoms with E-state index in [4.69, 9.17) is 40.3 Å². The SMILES string of the molecule is CC(=O)OC[C@H]1O[C@@H](NC(=S)N/N=C(\C)c2cc3ccccc3oc2=O)[C@H](OC(C)=O)[C@@H](OC(C)=O)[C@H]1OC(C)=O. The van der Waals surface area contributed by atoms with Crippen LogP contribution in [0.1, 0.15) is 40.2 Å². The molecule has 0 saturated carbocycles. The summed E-state index contributed by atoms with van der Waals surface area (Å²) < 4.78 is 32.4. The topological polar surface area (TPSA) is 181 Å². The van der Waals surface area contributed by atoms with Gasteiger partial charge in [-0.25, -0.2) is 4.79 Å². The second-order valence-electron chi connectivity index (χ2n) is 8.89. The van der Waals surface area contributed by atoms with Crippen molar-refractivity contribution < 1.29 is 47.3 Å². The highest BCUT2D eigenvalue weighted by Gasteiger charge is 2.52. The molecule has 14 nitrogen and oxygen atoms in total. The van der Waals surface area contributed by atoms with E-state index in [9.17, 15) is 24.0 Å². The summed E-state index contributed by atoms with van der Waals surface area (Å²) in [7, 11) is 0. The van der Waals surface area contributed by atoms with Crippen LogP contribution in [-0.4, -0.2) is 72.0 Å². The molecular weight excluding hydrogens is 562 g/mol. The first kappa shape index (κ1) is 31.2. The van der Waals surface area contributed by atoms with Gasteiger partial charge in [0.2, 0.25) is 0 Å². The summed E-state index contributed by atoms with van der Waals surface area (Å²) in [4.78, 5) is 59.7. The summed E-state index contributed by atoms with van der Waals surface area (Å²) in [6, 6.07) is 8.60. The van der Waals surface area contributed by atoms with Crippen molar-refractivity contribution in [3.05, 3.63) is 46.3 Å². The highest BCUT2D eigenvalue weighted by atomic mass is 32.1. The Kier molecular flexibility index (Phi) is 10.5. The molecule has 2 N–H and O–H groups in total. The molecule has 0 spiro atoms. The lowest BCUT2D eigenvalue weighted by atomic mass is 9.97. The molecule has 1 aliphatic rings. The molecule has 220 valence electrons. The van der Waals surface area contributed by atoms with Crippen LogP contribution in [0.5, 0.6) is 0 Å². The number of esters is 4. The van der Waals surface area contributed by atoms with Gasteiger partial charge in [0.15, 0.2) is 29.7 Å². The van der Waals surface area contributed by atoms with Gasteiger partial charge in [0.25, 0.3) is 0 Å². The molecule has 0 amide bonds. The minimum atomic E-state index is -1.37. The van der Waals surface area contributed by atoms with Gasteiger partial charge < -0.3 is 33.4 Å². The highest BCUT2D eigenvalue weighted by molar-refractivity contribution is 7.80. The Bertz CT molecular complexity index is 1420. The second kappa shape index (κ2) is 13.8. The van der Waals surface area contributed by atoms with Gasteiger partial charge in [-0.15, -0.1) is 0 Å². The highest BCUT2D eigenvalue weighted by Crippen LogP contribution is 2.28. The van der Waals surface area contributed by atoms with Gasteiger partial charge in [-0.1, -0.05) is 18.2 Å². The van der Waals surface area contributed by atoms with Crippen LogP contribution in [0.4, 0.5) is 0 Å². The number of nitrogens with zero attached hydrogens (tertiary/aromatic N) is 1. The molecule has 2 aromatic rings. The van der Waals surface area contributed by atoms with Gasteiger partial charge >= 0.3 is 29.5 Å². The van der Waals surface area contributed by atoms with E-state index in [1.165, 1.54) is 6.92 Å². The van der Waals surface area contributed by atoms with Crippen molar-refractivity contribution >= 4 is 57.9 Å². The molecule has 1 aromatic heterocycles. The van der Waals surface area contributed by atoms with Crippen molar-refractivity contribution in [3.8, 4) is 0 Å². The van der Waals surface area contributed by atoms with Crippen LogP contribution in [-0.2, 0) is 42.9 Å². The summed E-state index contributed by atoms with van der Waals surface area (Å²) >= 11 is 5.32. The van der Waals surface area contributed by atoms with Gasteiger partial charge in [0, 0.05) is 33.1 Å². The van der Waals surface area contributed by atoms with Crippen molar-refractivity contribution in [3.63, 3.8) is 0 Å². The third kappa shape index (κ3) is 8.56. The van der Waals surface area contributed by atoms with Crippen molar-refractivity contribution in [2.75, 3.05) is 6.61 Å². The van der Waals surface area contributed by atoms with Crippen LogP contribution in [0.15, 0.2) is 44.6 Å². The molecule has 1 aromatic carbocycles. The Hall–Kier alpha value is -4.37. The number of nitrogens with one attached hydrogen (secondary N) is 2. The van der Waals surface area contributed by atoms with E-state index in [2.05, 4.69) is 15.8 Å². The first-order valence-electron chi connectivity index (χ1n) is 12.3. The zero-order chi connectivity index (χ0) is 30.3. The normalized spacial score (nSPS) is 22.3. The number of hydrogen-bond acceptors (Lipinski definition) is 13. The Balaban J connectivity index is 1.87. The average Bonchev–Trinajstić information content (AvgIpc) is 2.88. The largest absolute Gasteiger partial charge is 0.463 e. The molecule has 1 saturated heterocycles. The minimum absolute atomic E-state index is 0.143. The lowest BCUT2D eigenvalue weighted by molar-refractivity contribution is -0.254. The standard InChI is InChI=1S/C26H29N3O11S/c1-12(18-10-17-8-6-7-9-19(17)40-25(18)34)28-29-26(41)27-24-23(38-16(5)33)22(37-15(4)32)21(36-14(3)31)20(39-24)11-35-13(2)30/h6-10,20-24H,11H2,1-5H3,(H2,27,29,41)/b28-12+/t20-,21+,22+,23-,24-/m1/s1. The minimum Gasteiger partial charge on any atom is -0.463 e.